The van der Waals surface area contributed by atoms with Gasteiger partial charge in [0, 0.05) is 5.69 Å². The number of hydrogen-bond donors (Lipinski definition) is 2. The minimum Gasteiger partial charge on any atom is -0.485 e. The Kier molecular flexibility index (Phi) is 5.18. The molecule has 0 bridgehead atoms. The molecule has 6 nitrogen and oxygen atoms in total. The summed E-state index contributed by atoms with van der Waals surface area (Å²) in [6, 6.07) is 14.7. The van der Waals surface area contributed by atoms with E-state index in [1.165, 1.54) is 0 Å². The lowest BCUT2D eigenvalue weighted by atomic mass is 10.1. The molecule has 2 aromatic carbocycles. The van der Waals surface area contributed by atoms with Crippen LogP contribution in [-0.4, -0.2) is 31.1 Å². The Labute approximate surface area is 146 Å². The van der Waals surface area contributed by atoms with Crippen molar-refractivity contribution >= 4 is 17.5 Å². The molecule has 3 rings (SSSR count). The second kappa shape index (κ2) is 7.70. The fourth-order valence-electron chi connectivity index (χ4n) is 2.57. The van der Waals surface area contributed by atoms with E-state index in [1.54, 1.807) is 18.2 Å². The van der Waals surface area contributed by atoms with E-state index in [0.717, 1.165) is 17.7 Å². The highest BCUT2D eigenvalue weighted by Crippen LogP contribution is 2.30. The van der Waals surface area contributed by atoms with Crippen LogP contribution in [0.1, 0.15) is 12.5 Å². The largest absolute Gasteiger partial charge is 0.485 e. The van der Waals surface area contributed by atoms with E-state index in [9.17, 15) is 9.59 Å². The molecule has 130 valence electrons. The van der Waals surface area contributed by atoms with Crippen molar-refractivity contribution in [1.29, 1.82) is 0 Å². The molecule has 1 atom stereocenters. The van der Waals surface area contributed by atoms with Gasteiger partial charge in [-0.15, -0.1) is 0 Å². The second-order valence-electron chi connectivity index (χ2n) is 5.64. The summed E-state index contributed by atoms with van der Waals surface area (Å²) < 4.78 is 11.1. The fraction of sp³-hybridized carbons (Fsp3) is 0.263. The summed E-state index contributed by atoms with van der Waals surface area (Å²) in [7, 11) is 0. The third-order valence-corrected chi connectivity index (χ3v) is 3.90. The SMILES string of the molecule is CCc1ccccc1NC(=O)CNC(=O)C1COc2ccccc2O1. The van der Waals surface area contributed by atoms with E-state index < -0.39 is 6.10 Å². The second-order valence-corrected chi connectivity index (χ2v) is 5.64. The van der Waals surface area contributed by atoms with Gasteiger partial charge >= 0.3 is 0 Å². The van der Waals surface area contributed by atoms with Crippen molar-refractivity contribution in [3.63, 3.8) is 0 Å². The number of anilines is 1. The first-order valence-electron chi connectivity index (χ1n) is 8.21. The summed E-state index contributed by atoms with van der Waals surface area (Å²) in [5.74, 6) is 0.468. The maximum Gasteiger partial charge on any atom is 0.265 e. The molecule has 0 fully saturated rings. The summed E-state index contributed by atoms with van der Waals surface area (Å²) in [6.07, 6.45) is 0.0424. The van der Waals surface area contributed by atoms with Crippen molar-refractivity contribution in [1.82, 2.24) is 5.32 Å². The number of hydrogen-bond acceptors (Lipinski definition) is 4. The number of rotatable bonds is 5. The summed E-state index contributed by atoms with van der Waals surface area (Å²) in [4.78, 5) is 24.3. The maximum atomic E-state index is 12.2. The molecule has 1 unspecified atom stereocenters. The molecule has 2 aromatic rings. The number of amides is 2. The Balaban J connectivity index is 1.52. The summed E-state index contributed by atoms with van der Waals surface area (Å²) in [5.41, 5.74) is 1.80. The molecular formula is C19H20N2O4. The highest BCUT2D eigenvalue weighted by Gasteiger charge is 2.27. The zero-order valence-electron chi connectivity index (χ0n) is 14.0. The van der Waals surface area contributed by atoms with E-state index in [1.807, 2.05) is 37.3 Å². The highest BCUT2D eigenvalue weighted by molar-refractivity contribution is 5.95. The van der Waals surface area contributed by atoms with E-state index >= 15 is 0 Å². The van der Waals surface area contributed by atoms with Gasteiger partial charge in [-0.1, -0.05) is 37.3 Å². The zero-order valence-corrected chi connectivity index (χ0v) is 14.0. The van der Waals surface area contributed by atoms with Crippen molar-refractivity contribution in [3.8, 4) is 11.5 Å². The molecule has 1 aliphatic rings. The molecule has 0 radical (unpaired) electrons. The van der Waals surface area contributed by atoms with Gasteiger partial charge < -0.3 is 20.1 Å². The van der Waals surface area contributed by atoms with Crippen molar-refractivity contribution in [2.45, 2.75) is 19.4 Å². The van der Waals surface area contributed by atoms with Crippen LogP contribution in [-0.2, 0) is 16.0 Å². The van der Waals surface area contributed by atoms with Gasteiger partial charge in [0.05, 0.1) is 6.54 Å². The van der Waals surface area contributed by atoms with Crippen molar-refractivity contribution in [3.05, 3.63) is 54.1 Å². The molecular weight excluding hydrogens is 320 g/mol. The first-order chi connectivity index (χ1) is 12.2. The molecule has 0 aromatic heterocycles. The first-order valence-corrected chi connectivity index (χ1v) is 8.21. The molecule has 1 heterocycles. The van der Waals surface area contributed by atoms with E-state index in [-0.39, 0.29) is 25.0 Å². The van der Waals surface area contributed by atoms with E-state index in [2.05, 4.69) is 10.6 Å². The minimum absolute atomic E-state index is 0.114. The first kappa shape index (κ1) is 16.8. The Bertz CT molecular complexity index is 776. The van der Waals surface area contributed by atoms with Crippen molar-refractivity contribution in [2.24, 2.45) is 0 Å². The van der Waals surface area contributed by atoms with Crippen molar-refractivity contribution in [2.75, 3.05) is 18.5 Å². The predicted octanol–water partition coefficient (Wildman–Crippen LogP) is 2.14. The lowest BCUT2D eigenvalue weighted by Crippen LogP contribution is -2.46. The molecule has 0 spiro atoms. The van der Waals surface area contributed by atoms with Crippen LogP contribution in [0.2, 0.25) is 0 Å². The topological polar surface area (TPSA) is 76.7 Å². The summed E-state index contributed by atoms with van der Waals surface area (Å²) in [6.45, 7) is 2.01. The van der Waals surface area contributed by atoms with Crippen LogP contribution < -0.4 is 20.1 Å². The number of nitrogens with one attached hydrogen (secondary N) is 2. The van der Waals surface area contributed by atoms with Crippen LogP contribution in [0.25, 0.3) is 0 Å². The van der Waals surface area contributed by atoms with Crippen LogP contribution in [0.3, 0.4) is 0 Å². The third kappa shape index (κ3) is 4.09. The Hall–Kier alpha value is -3.02. The van der Waals surface area contributed by atoms with Gasteiger partial charge in [0.15, 0.2) is 11.5 Å². The minimum atomic E-state index is -0.773. The molecule has 6 heteroatoms. The van der Waals surface area contributed by atoms with Gasteiger partial charge in [-0.3, -0.25) is 9.59 Å². The lowest BCUT2D eigenvalue weighted by Gasteiger charge is -2.25. The number of fused-ring (bicyclic) bond motifs is 1. The van der Waals surface area contributed by atoms with Crippen LogP contribution in [0.4, 0.5) is 5.69 Å². The predicted molar refractivity (Wildman–Crippen MR) is 93.8 cm³/mol. The fourth-order valence-corrected chi connectivity index (χ4v) is 2.57. The van der Waals surface area contributed by atoms with Crippen LogP contribution in [0.5, 0.6) is 11.5 Å². The smallest absolute Gasteiger partial charge is 0.265 e. The lowest BCUT2D eigenvalue weighted by molar-refractivity contribution is -0.131. The molecule has 1 aliphatic heterocycles. The van der Waals surface area contributed by atoms with Gasteiger partial charge in [0.1, 0.15) is 6.61 Å². The third-order valence-electron chi connectivity index (χ3n) is 3.90. The quantitative estimate of drug-likeness (QED) is 0.874. The van der Waals surface area contributed by atoms with Gasteiger partial charge in [0.25, 0.3) is 5.91 Å². The van der Waals surface area contributed by atoms with Gasteiger partial charge in [-0.25, -0.2) is 0 Å². The highest BCUT2D eigenvalue weighted by atomic mass is 16.6. The molecule has 2 N–H and O–H groups in total. The summed E-state index contributed by atoms with van der Waals surface area (Å²) in [5, 5.41) is 5.39. The van der Waals surface area contributed by atoms with Crippen molar-refractivity contribution < 1.29 is 19.1 Å². The Morgan fingerprint density at radius 2 is 1.80 bits per heavy atom. The van der Waals surface area contributed by atoms with E-state index in [0.29, 0.717) is 11.5 Å². The van der Waals surface area contributed by atoms with Crippen LogP contribution in [0.15, 0.2) is 48.5 Å². The normalized spacial score (nSPS) is 15.3. The van der Waals surface area contributed by atoms with Gasteiger partial charge in [0.2, 0.25) is 12.0 Å². The number of carbonyl (C=O) groups excluding carboxylic acids is 2. The van der Waals surface area contributed by atoms with Gasteiger partial charge in [-0.05, 0) is 30.2 Å². The molecule has 25 heavy (non-hydrogen) atoms. The maximum absolute atomic E-state index is 12.2. The Morgan fingerprint density at radius 3 is 2.60 bits per heavy atom. The molecule has 2 amide bonds. The monoisotopic (exact) mass is 340 g/mol. The van der Waals surface area contributed by atoms with E-state index in [4.69, 9.17) is 9.47 Å². The standard InChI is InChI=1S/C19H20N2O4/c1-2-13-7-3-4-8-14(13)21-18(22)11-20-19(23)17-12-24-15-9-5-6-10-16(15)25-17/h3-10,17H,2,11-12H2,1H3,(H,20,23)(H,21,22). The number of ether oxygens (including phenoxy) is 2. The number of aryl methyl sites for hydroxylation is 1. The molecule has 0 aliphatic carbocycles. The molecule has 0 saturated carbocycles. The number of benzene rings is 2. The average molecular weight is 340 g/mol. The van der Waals surface area contributed by atoms with Crippen LogP contribution >= 0.6 is 0 Å². The number of carbonyl (C=O) groups is 2. The zero-order chi connectivity index (χ0) is 17.6. The number of para-hydroxylation sites is 3. The average Bonchev–Trinajstić information content (AvgIpc) is 2.66. The van der Waals surface area contributed by atoms with Crippen LogP contribution in [0, 0.1) is 0 Å². The van der Waals surface area contributed by atoms with Gasteiger partial charge in [-0.2, -0.15) is 0 Å². The molecule has 0 saturated heterocycles. The Morgan fingerprint density at radius 1 is 1.08 bits per heavy atom. The summed E-state index contributed by atoms with van der Waals surface area (Å²) >= 11 is 0.